The fraction of sp³-hybridized carbons (Fsp3) is 0.818. The van der Waals surface area contributed by atoms with Crippen LogP contribution < -0.4 is 0 Å². The highest BCUT2D eigenvalue weighted by Gasteiger charge is 2.64. The molecule has 0 aromatic heterocycles. The van der Waals surface area contributed by atoms with Crippen molar-refractivity contribution in [1.29, 1.82) is 0 Å². The van der Waals surface area contributed by atoms with Crippen molar-refractivity contribution in [1.82, 2.24) is 0 Å². The maximum atomic E-state index is 12.8. The topological polar surface area (TPSA) is 72.8 Å². The molecule has 0 aliphatic carbocycles. The fourth-order valence-corrected chi connectivity index (χ4v) is 0.859. The molecule has 0 aliphatic heterocycles. The minimum absolute atomic E-state index is 0.430. The molecule has 20 heavy (non-hydrogen) atoms. The molecule has 0 fully saturated rings. The number of esters is 1. The van der Waals surface area contributed by atoms with Crippen molar-refractivity contribution in [2.24, 2.45) is 5.41 Å². The second-order valence-corrected chi connectivity index (χ2v) is 4.62. The second kappa shape index (κ2) is 6.38. The molecular formula is C11H16F4O5. The fourth-order valence-electron chi connectivity index (χ4n) is 0.859. The van der Waals surface area contributed by atoms with Crippen LogP contribution in [0.25, 0.3) is 0 Å². The number of hydrogen-bond donors (Lipinski definition) is 1. The van der Waals surface area contributed by atoms with Gasteiger partial charge in [0.2, 0.25) is 0 Å². The lowest BCUT2D eigenvalue weighted by molar-refractivity contribution is -0.339. The molecule has 0 unspecified atom stereocenters. The first-order valence-corrected chi connectivity index (χ1v) is 5.68. The average molecular weight is 304 g/mol. The summed E-state index contributed by atoms with van der Waals surface area (Å²) in [6.45, 7) is 3.08. The highest BCUT2D eigenvalue weighted by atomic mass is 19.3. The summed E-state index contributed by atoms with van der Waals surface area (Å²) >= 11 is 0. The second-order valence-electron chi connectivity index (χ2n) is 4.62. The first-order valence-electron chi connectivity index (χ1n) is 5.68. The number of ether oxygens (including phenoxy) is 2. The van der Waals surface area contributed by atoms with Crippen LogP contribution in [0.5, 0.6) is 0 Å². The van der Waals surface area contributed by atoms with Crippen molar-refractivity contribution in [2.45, 2.75) is 39.2 Å². The Kier molecular flexibility index (Phi) is 5.94. The molecule has 0 aromatic rings. The van der Waals surface area contributed by atoms with Crippen molar-refractivity contribution in [3.8, 4) is 0 Å². The van der Waals surface area contributed by atoms with E-state index in [-0.39, 0.29) is 0 Å². The Bertz CT molecular complexity index is 368. The molecule has 0 spiro atoms. The molecule has 0 rings (SSSR count). The Labute approximate surface area is 112 Å². The zero-order chi connectivity index (χ0) is 16.2. The van der Waals surface area contributed by atoms with Gasteiger partial charge in [0, 0.05) is 0 Å². The Morgan fingerprint density at radius 3 is 2.00 bits per heavy atom. The molecule has 0 aromatic carbocycles. The van der Waals surface area contributed by atoms with Gasteiger partial charge in [0.25, 0.3) is 0 Å². The molecule has 0 amide bonds. The molecule has 0 bridgehead atoms. The number of carbonyl (C=O) groups is 2. The van der Waals surface area contributed by atoms with E-state index in [1.54, 1.807) is 20.8 Å². The van der Waals surface area contributed by atoms with E-state index in [0.29, 0.717) is 6.42 Å². The van der Waals surface area contributed by atoms with Crippen molar-refractivity contribution >= 4 is 11.9 Å². The van der Waals surface area contributed by atoms with Crippen LogP contribution >= 0.6 is 0 Å². The van der Waals surface area contributed by atoms with E-state index in [9.17, 15) is 27.2 Å². The Balaban J connectivity index is 4.33. The van der Waals surface area contributed by atoms with Crippen LogP contribution in [-0.2, 0) is 19.1 Å². The molecule has 0 atom stereocenters. The molecule has 5 nitrogen and oxygen atoms in total. The number of rotatable bonds is 8. The molecule has 1 N–H and O–H groups in total. The van der Waals surface area contributed by atoms with Crippen LogP contribution in [0.4, 0.5) is 17.6 Å². The largest absolute Gasteiger partial charge is 0.477 e. The number of carbonyl (C=O) groups excluding carboxylic acids is 1. The number of alkyl halides is 4. The first kappa shape index (κ1) is 18.6. The number of halogens is 4. The number of aliphatic carboxylic acids is 1. The molecule has 0 aliphatic rings. The molecule has 0 radical (unpaired) electrons. The summed E-state index contributed by atoms with van der Waals surface area (Å²) in [6, 6.07) is 0. The molecule has 0 saturated carbocycles. The minimum Gasteiger partial charge on any atom is -0.477 e. The summed E-state index contributed by atoms with van der Waals surface area (Å²) in [5.41, 5.74) is -0.840. The van der Waals surface area contributed by atoms with Crippen molar-refractivity contribution in [3.63, 3.8) is 0 Å². The van der Waals surface area contributed by atoms with E-state index in [1.165, 1.54) is 0 Å². The molecule has 9 heteroatoms. The van der Waals surface area contributed by atoms with E-state index >= 15 is 0 Å². The highest BCUT2D eigenvalue weighted by molar-refractivity contribution is 5.76. The van der Waals surface area contributed by atoms with Crippen molar-refractivity contribution in [2.75, 3.05) is 13.2 Å². The normalized spacial score (nSPS) is 13.2. The van der Waals surface area contributed by atoms with Gasteiger partial charge in [-0.1, -0.05) is 6.92 Å². The van der Waals surface area contributed by atoms with Gasteiger partial charge < -0.3 is 14.6 Å². The molecule has 118 valence electrons. The van der Waals surface area contributed by atoms with Gasteiger partial charge in [0.1, 0.15) is 6.61 Å². The van der Waals surface area contributed by atoms with Crippen LogP contribution in [0.3, 0.4) is 0 Å². The van der Waals surface area contributed by atoms with Gasteiger partial charge in [0.15, 0.2) is 0 Å². The van der Waals surface area contributed by atoms with E-state index in [1.807, 2.05) is 0 Å². The molecule has 0 heterocycles. The smallest absolute Gasteiger partial charge is 0.431 e. The predicted molar refractivity (Wildman–Crippen MR) is 58.5 cm³/mol. The summed E-state index contributed by atoms with van der Waals surface area (Å²) in [5, 5.41) is 7.96. The number of hydrogen-bond acceptors (Lipinski definition) is 4. The SMILES string of the molecule is CCC(C)(C)C(=O)OCCOC(F)(F)C(F)(F)C(=O)O. The van der Waals surface area contributed by atoms with Crippen molar-refractivity contribution < 1.29 is 41.7 Å². The Morgan fingerprint density at radius 1 is 1.10 bits per heavy atom. The highest BCUT2D eigenvalue weighted by Crippen LogP contribution is 2.35. The van der Waals surface area contributed by atoms with Crippen LogP contribution in [0.1, 0.15) is 27.2 Å². The lowest BCUT2D eigenvalue weighted by atomic mass is 9.91. The molecule has 0 saturated heterocycles. The third-order valence-corrected chi connectivity index (χ3v) is 2.67. The number of carboxylic acid groups (broad SMARTS) is 1. The summed E-state index contributed by atoms with van der Waals surface area (Å²) in [4.78, 5) is 21.4. The first-order chi connectivity index (χ1) is 8.88. The maximum absolute atomic E-state index is 12.8. The lowest BCUT2D eigenvalue weighted by Crippen LogP contribution is -2.49. The Hall–Kier alpha value is -1.38. The average Bonchev–Trinajstić information content (AvgIpc) is 2.33. The number of carboxylic acids is 1. The van der Waals surface area contributed by atoms with Gasteiger partial charge in [-0.05, 0) is 20.3 Å². The summed E-state index contributed by atoms with van der Waals surface area (Å²) in [5.74, 6) is -9.07. The van der Waals surface area contributed by atoms with Crippen LogP contribution in [0, 0.1) is 5.41 Å². The van der Waals surface area contributed by atoms with E-state index in [2.05, 4.69) is 9.47 Å². The van der Waals surface area contributed by atoms with E-state index in [0.717, 1.165) is 0 Å². The summed E-state index contributed by atoms with van der Waals surface area (Å²) < 4.78 is 58.8. The van der Waals surface area contributed by atoms with Gasteiger partial charge in [-0.25, -0.2) is 4.79 Å². The third-order valence-electron chi connectivity index (χ3n) is 2.67. The van der Waals surface area contributed by atoms with Crippen molar-refractivity contribution in [3.05, 3.63) is 0 Å². The third kappa shape index (κ3) is 4.32. The van der Waals surface area contributed by atoms with Gasteiger partial charge in [-0.2, -0.15) is 17.6 Å². The Morgan fingerprint density at radius 2 is 1.60 bits per heavy atom. The van der Waals surface area contributed by atoms with Gasteiger partial charge >= 0.3 is 24.0 Å². The van der Waals surface area contributed by atoms with Gasteiger partial charge in [-0.15, -0.1) is 0 Å². The zero-order valence-electron chi connectivity index (χ0n) is 11.2. The quantitative estimate of drug-likeness (QED) is 0.423. The van der Waals surface area contributed by atoms with E-state index < -0.39 is 42.6 Å². The van der Waals surface area contributed by atoms with Crippen LogP contribution in [-0.4, -0.2) is 42.3 Å². The maximum Gasteiger partial charge on any atom is 0.431 e. The summed E-state index contributed by atoms with van der Waals surface area (Å²) in [7, 11) is 0. The van der Waals surface area contributed by atoms with Gasteiger partial charge in [-0.3, -0.25) is 4.79 Å². The standard InChI is InChI=1S/C11H16F4O5/c1-4-9(2,3)8(18)19-5-6-20-11(14,15)10(12,13)7(16)17/h4-6H2,1-3H3,(H,16,17). The van der Waals surface area contributed by atoms with E-state index in [4.69, 9.17) is 5.11 Å². The van der Waals surface area contributed by atoms with Crippen LogP contribution in [0.2, 0.25) is 0 Å². The van der Waals surface area contributed by atoms with Crippen LogP contribution in [0.15, 0.2) is 0 Å². The van der Waals surface area contributed by atoms with Gasteiger partial charge in [0.05, 0.1) is 12.0 Å². The minimum atomic E-state index is -5.36. The lowest BCUT2D eigenvalue weighted by Gasteiger charge is -2.23. The monoisotopic (exact) mass is 304 g/mol. The summed E-state index contributed by atoms with van der Waals surface area (Å²) in [6.07, 6.45) is -4.76. The molecular weight excluding hydrogens is 288 g/mol. The zero-order valence-corrected chi connectivity index (χ0v) is 11.2. The predicted octanol–water partition coefficient (Wildman–Crippen LogP) is 2.30.